The average molecular weight is 337 g/mol. The van der Waals surface area contributed by atoms with Gasteiger partial charge in [-0.3, -0.25) is 4.79 Å². The number of amides is 1. The molecule has 1 aliphatic heterocycles. The van der Waals surface area contributed by atoms with Crippen molar-refractivity contribution in [3.05, 3.63) is 42.2 Å². The maximum atomic E-state index is 12.7. The molecule has 23 heavy (non-hydrogen) atoms. The third-order valence-corrected chi connectivity index (χ3v) is 4.08. The molecule has 1 aliphatic rings. The first-order valence-electron chi connectivity index (χ1n) is 7.56. The Morgan fingerprint density at radius 1 is 1.30 bits per heavy atom. The van der Waals surface area contributed by atoms with Crippen molar-refractivity contribution in [1.82, 2.24) is 14.7 Å². The monoisotopic (exact) mass is 336 g/mol. The topological polar surface area (TPSA) is 84.4 Å². The van der Waals surface area contributed by atoms with Gasteiger partial charge in [-0.15, -0.1) is 12.4 Å². The molecule has 2 heterocycles. The van der Waals surface area contributed by atoms with E-state index in [0.717, 1.165) is 24.9 Å². The molecule has 1 fully saturated rings. The first kappa shape index (κ1) is 17.3. The van der Waals surface area contributed by atoms with Crippen molar-refractivity contribution in [3.8, 4) is 11.4 Å². The number of hydrogen-bond acceptors (Lipinski definition) is 4. The Bertz CT molecular complexity index is 659. The molecule has 0 spiro atoms. The van der Waals surface area contributed by atoms with Gasteiger partial charge >= 0.3 is 0 Å². The van der Waals surface area contributed by atoms with E-state index in [1.807, 2.05) is 30.3 Å². The first-order chi connectivity index (χ1) is 10.7. The van der Waals surface area contributed by atoms with Crippen LogP contribution in [0.4, 0.5) is 0 Å². The van der Waals surface area contributed by atoms with Crippen LogP contribution >= 0.6 is 12.4 Å². The molecule has 1 atom stereocenters. The SMILES string of the molecule is Cl.NCC1CCCCN1C(=O)c1nn(-c2ccccc2)cc1O. The zero-order valence-corrected chi connectivity index (χ0v) is 13.6. The highest BCUT2D eigenvalue weighted by Gasteiger charge is 2.30. The molecule has 1 aromatic heterocycles. The quantitative estimate of drug-likeness (QED) is 0.897. The fraction of sp³-hybridized carbons (Fsp3) is 0.375. The van der Waals surface area contributed by atoms with Crippen LogP contribution in [0.25, 0.3) is 5.69 Å². The Balaban J connectivity index is 0.00000192. The number of aromatic nitrogens is 2. The lowest BCUT2D eigenvalue weighted by Crippen LogP contribution is -2.47. The Hall–Kier alpha value is -2.05. The molecule has 0 saturated carbocycles. The predicted molar refractivity (Wildman–Crippen MR) is 90.2 cm³/mol. The van der Waals surface area contributed by atoms with Gasteiger partial charge in [0.25, 0.3) is 5.91 Å². The maximum absolute atomic E-state index is 12.7. The molecule has 1 amide bonds. The van der Waals surface area contributed by atoms with Gasteiger partial charge in [-0.25, -0.2) is 4.68 Å². The number of rotatable bonds is 3. The number of benzene rings is 1. The molecule has 2 aromatic rings. The number of piperidine rings is 1. The van der Waals surface area contributed by atoms with Crippen molar-refractivity contribution in [3.63, 3.8) is 0 Å². The minimum Gasteiger partial charge on any atom is -0.504 e. The molecule has 3 N–H and O–H groups in total. The molecule has 3 rings (SSSR count). The van der Waals surface area contributed by atoms with Crippen LogP contribution in [0.2, 0.25) is 0 Å². The van der Waals surface area contributed by atoms with E-state index in [2.05, 4.69) is 5.10 Å². The summed E-state index contributed by atoms with van der Waals surface area (Å²) in [6, 6.07) is 9.42. The second-order valence-corrected chi connectivity index (χ2v) is 5.53. The van der Waals surface area contributed by atoms with Crippen molar-refractivity contribution >= 4 is 18.3 Å². The molecule has 0 bridgehead atoms. The van der Waals surface area contributed by atoms with E-state index >= 15 is 0 Å². The van der Waals surface area contributed by atoms with Gasteiger partial charge in [0.1, 0.15) is 0 Å². The third kappa shape index (κ3) is 3.48. The van der Waals surface area contributed by atoms with Crippen LogP contribution in [0.3, 0.4) is 0 Å². The van der Waals surface area contributed by atoms with Gasteiger partial charge in [-0.1, -0.05) is 18.2 Å². The smallest absolute Gasteiger partial charge is 0.278 e. The standard InChI is InChI=1S/C16H20N4O2.ClH/c17-10-13-8-4-5-9-19(13)16(22)15-14(21)11-20(18-15)12-6-2-1-3-7-12;/h1-3,6-7,11,13,21H,4-5,8-10,17H2;1H. The number of nitrogens with zero attached hydrogens (tertiary/aromatic N) is 3. The van der Waals surface area contributed by atoms with Gasteiger partial charge < -0.3 is 15.7 Å². The fourth-order valence-corrected chi connectivity index (χ4v) is 2.88. The number of carbonyl (C=O) groups is 1. The summed E-state index contributed by atoms with van der Waals surface area (Å²) in [6.45, 7) is 1.10. The molecule has 1 unspecified atom stereocenters. The zero-order chi connectivity index (χ0) is 15.5. The van der Waals surface area contributed by atoms with E-state index in [-0.39, 0.29) is 35.8 Å². The summed E-state index contributed by atoms with van der Waals surface area (Å²) < 4.78 is 1.52. The van der Waals surface area contributed by atoms with Crippen molar-refractivity contribution in [1.29, 1.82) is 0 Å². The summed E-state index contributed by atoms with van der Waals surface area (Å²) in [4.78, 5) is 14.4. The van der Waals surface area contributed by atoms with Crippen LogP contribution < -0.4 is 5.73 Å². The molecule has 1 saturated heterocycles. The van der Waals surface area contributed by atoms with Gasteiger partial charge in [0.05, 0.1) is 11.9 Å². The summed E-state index contributed by atoms with van der Waals surface area (Å²) >= 11 is 0. The summed E-state index contributed by atoms with van der Waals surface area (Å²) in [5.74, 6) is -0.350. The molecular weight excluding hydrogens is 316 g/mol. The molecule has 1 aromatic carbocycles. The van der Waals surface area contributed by atoms with Crippen molar-refractivity contribution in [2.24, 2.45) is 5.73 Å². The largest absolute Gasteiger partial charge is 0.504 e. The van der Waals surface area contributed by atoms with E-state index in [9.17, 15) is 9.90 Å². The minimum atomic E-state index is -0.248. The lowest BCUT2D eigenvalue weighted by molar-refractivity contribution is 0.0614. The molecule has 124 valence electrons. The van der Waals surface area contributed by atoms with Crippen LogP contribution in [0.5, 0.6) is 5.75 Å². The number of aromatic hydroxyl groups is 1. The lowest BCUT2D eigenvalue weighted by Gasteiger charge is -2.34. The highest BCUT2D eigenvalue weighted by Crippen LogP contribution is 2.24. The van der Waals surface area contributed by atoms with Crippen LogP contribution in [-0.2, 0) is 0 Å². The van der Waals surface area contributed by atoms with Crippen molar-refractivity contribution < 1.29 is 9.90 Å². The van der Waals surface area contributed by atoms with Crippen LogP contribution in [-0.4, -0.2) is 44.8 Å². The number of hydrogen-bond donors (Lipinski definition) is 2. The van der Waals surface area contributed by atoms with Gasteiger partial charge in [0, 0.05) is 19.1 Å². The Labute approximate surface area is 141 Å². The maximum Gasteiger partial charge on any atom is 0.278 e. The summed E-state index contributed by atoms with van der Waals surface area (Å²) in [5, 5.41) is 14.3. The lowest BCUT2D eigenvalue weighted by atomic mass is 10.0. The second kappa shape index (κ2) is 7.48. The highest BCUT2D eigenvalue weighted by atomic mass is 35.5. The number of carbonyl (C=O) groups excluding carboxylic acids is 1. The average Bonchev–Trinajstić information content (AvgIpc) is 2.97. The van der Waals surface area contributed by atoms with E-state index in [0.29, 0.717) is 13.1 Å². The van der Waals surface area contributed by atoms with Crippen LogP contribution in [0.1, 0.15) is 29.8 Å². The Morgan fingerprint density at radius 2 is 2.04 bits per heavy atom. The van der Waals surface area contributed by atoms with Gasteiger partial charge in [0.15, 0.2) is 11.4 Å². The highest BCUT2D eigenvalue weighted by molar-refractivity contribution is 5.95. The van der Waals surface area contributed by atoms with Crippen molar-refractivity contribution in [2.75, 3.05) is 13.1 Å². The van der Waals surface area contributed by atoms with Crippen LogP contribution in [0.15, 0.2) is 36.5 Å². The van der Waals surface area contributed by atoms with Gasteiger partial charge in [-0.2, -0.15) is 5.10 Å². The van der Waals surface area contributed by atoms with Crippen LogP contribution in [0, 0.1) is 0 Å². The normalized spacial score (nSPS) is 17.6. The van der Waals surface area contributed by atoms with E-state index in [4.69, 9.17) is 5.73 Å². The summed E-state index contributed by atoms with van der Waals surface area (Å²) in [6.07, 6.45) is 4.41. The van der Waals surface area contributed by atoms with E-state index in [1.165, 1.54) is 10.9 Å². The predicted octanol–water partition coefficient (Wildman–Crippen LogP) is 1.95. The number of nitrogens with two attached hydrogens (primary N) is 1. The number of para-hydroxylation sites is 1. The Morgan fingerprint density at radius 3 is 2.74 bits per heavy atom. The summed E-state index contributed by atoms with van der Waals surface area (Å²) in [5.41, 5.74) is 6.65. The van der Waals surface area contributed by atoms with Crippen molar-refractivity contribution in [2.45, 2.75) is 25.3 Å². The molecule has 6 nitrogen and oxygen atoms in total. The van der Waals surface area contributed by atoms with E-state index in [1.54, 1.807) is 4.90 Å². The van der Waals surface area contributed by atoms with Gasteiger partial charge in [-0.05, 0) is 31.4 Å². The number of likely N-dealkylation sites (tertiary alicyclic amines) is 1. The van der Waals surface area contributed by atoms with E-state index < -0.39 is 0 Å². The number of halogens is 1. The molecule has 0 aliphatic carbocycles. The Kier molecular flexibility index (Phi) is 5.63. The first-order valence-corrected chi connectivity index (χ1v) is 7.56. The zero-order valence-electron chi connectivity index (χ0n) is 12.8. The second-order valence-electron chi connectivity index (χ2n) is 5.53. The fourth-order valence-electron chi connectivity index (χ4n) is 2.88. The van der Waals surface area contributed by atoms with Gasteiger partial charge in [0.2, 0.25) is 0 Å². The third-order valence-electron chi connectivity index (χ3n) is 4.08. The minimum absolute atomic E-state index is 0. The molecule has 7 heteroatoms. The molecule has 0 radical (unpaired) electrons. The summed E-state index contributed by atoms with van der Waals surface area (Å²) in [7, 11) is 0. The molecular formula is C16H21ClN4O2.